The second-order valence-electron chi connectivity index (χ2n) is 3.26. The van der Waals surface area contributed by atoms with Crippen molar-refractivity contribution in [3.05, 3.63) is 42.0 Å². The Morgan fingerprint density at radius 2 is 2.18 bits per heavy atom. The van der Waals surface area contributed by atoms with Gasteiger partial charge in [-0.1, -0.05) is 0 Å². The van der Waals surface area contributed by atoms with Crippen LogP contribution < -0.4 is 0 Å². The molecule has 0 unspecified atom stereocenters. The summed E-state index contributed by atoms with van der Waals surface area (Å²) in [6.45, 7) is 1.85. The minimum atomic E-state index is -0.994. The molecule has 2 aromatic rings. The molecule has 0 radical (unpaired) electrons. The van der Waals surface area contributed by atoms with Gasteiger partial charge in [-0.2, -0.15) is 0 Å². The summed E-state index contributed by atoms with van der Waals surface area (Å²) in [4.78, 5) is 23.1. The summed E-state index contributed by atoms with van der Waals surface area (Å²) in [6, 6.07) is 4.90. The highest BCUT2D eigenvalue weighted by Crippen LogP contribution is 2.26. The van der Waals surface area contributed by atoms with Gasteiger partial charge in [0, 0.05) is 11.9 Å². The molecule has 1 N–H and O–H groups in total. The van der Waals surface area contributed by atoms with Crippen molar-refractivity contribution < 1.29 is 9.90 Å². The van der Waals surface area contributed by atoms with Gasteiger partial charge in [0.2, 0.25) is 0 Å². The van der Waals surface area contributed by atoms with Gasteiger partial charge in [-0.3, -0.25) is 0 Å². The van der Waals surface area contributed by atoms with Crippen LogP contribution in [0.3, 0.4) is 0 Å². The Balaban J connectivity index is 2.33. The number of nitrogens with zero attached hydrogens (tertiary/aromatic N) is 3. The van der Waals surface area contributed by atoms with Crippen molar-refractivity contribution in [2.45, 2.75) is 17.0 Å². The predicted molar refractivity (Wildman–Crippen MR) is 62.1 cm³/mol. The van der Waals surface area contributed by atoms with Crippen LogP contribution in [-0.2, 0) is 0 Å². The molecule has 2 heterocycles. The lowest BCUT2D eigenvalue weighted by Gasteiger charge is -2.03. The predicted octanol–water partition coefficient (Wildman–Crippen LogP) is 2.03. The molecule has 86 valence electrons. The molecule has 0 atom stereocenters. The number of hydrogen-bond donors (Lipinski definition) is 1. The molecule has 5 nitrogen and oxygen atoms in total. The monoisotopic (exact) mass is 247 g/mol. The lowest BCUT2D eigenvalue weighted by Crippen LogP contribution is -2.00. The van der Waals surface area contributed by atoms with E-state index >= 15 is 0 Å². The molecule has 0 saturated heterocycles. The normalized spacial score (nSPS) is 10.2. The fourth-order valence-electron chi connectivity index (χ4n) is 1.22. The highest BCUT2D eigenvalue weighted by molar-refractivity contribution is 7.99. The Kier molecular flexibility index (Phi) is 3.34. The van der Waals surface area contributed by atoms with Crippen LogP contribution in [0, 0.1) is 6.92 Å². The van der Waals surface area contributed by atoms with Crippen LogP contribution >= 0.6 is 11.8 Å². The van der Waals surface area contributed by atoms with E-state index in [0.29, 0.717) is 10.1 Å². The van der Waals surface area contributed by atoms with Crippen molar-refractivity contribution in [1.82, 2.24) is 15.0 Å². The summed E-state index contributed by atoms with van der Waals surface area (Å²) in [5.74, 6) is -0.994. The second-order valence-corrected chi connectivity index (χ2v) is 4.27. The van der Waals surface area contributed by atoms with Gasteiger partial charge >= 0.3 is 5.97 Å². The number of aryl methyl sites for hydroxylation is 1. The Bertz CT molecular complexity index is 560. The van der Waals surface area contributed by atoms with E-state index in [0.717, 1.165) is 5.69 Å². The molecule has 0 fully saturated rings. The van der Waals surface area contributed by atoms with E-state index in [1.165, 1.54) is 24.2 Å². The van der Waals surface area contributed by atoms with Gasteiger partial charge in [0.15, 0.2) is 0 Å². The van der Waals surface area contributed by atoms with Gasteiger partial charge in [0.25, 0.3) is 0 Å². The largest absolute Gasteiger partial charge is 0.478 e. The Labute approximate surface area is 102 Å². The first-order valence-electron chi connectivity index (χ1n) is 4.81. The fraction of sp³-hybridized carbons (Fsp3) is 0.0909. The molecular formula is C11H9N3O2S. The van der Waals surface area contributed by atoms with Gasteiger partial charge in [-0.25, -0.2) is 19.7 Å². The lowest BCUT2D eigenvalue weighted by molar-refractivity contribution is 0.0692. The first-order valence-corrected chi connectivity index (χ1v) is 5.63. The van der Waals surface area contributed by atoms with Gasteiger partial charge < -0.3 is 5.11 Å². The van der Waals surface area contributed by atoms with Crippen LogP contribution in [0.15, 0.2) is 40.8 Å². The third-order valence-electron chi connectivity index (χ3n) is 1.98. The maximum absolute atomic E-state index is 11.0. The van der Waals surface area contributed by atoms with E-state index in [1.807, 2.05) is 6.92 Å². The van der Waals surface area contributed by atoms with E-state index in [-0.39, 0.29) is 5.56 Å². The molecule has 17 heavy (non-hydrogen) atoms. The van der Waals surface area contributed by atoms with Gasteiger partial charge in [-0.15, -0.1) is 0 Å². The third-order valence-corrected chi connectivity index (χ3v) is 2.93. The number of hydrogen-bond acceptors (Lipinski definition) is 5. The molecular weight excluding hydrogens is 238 g/mol. The van der Waals surface area contributed by atoms with Gasteiger partial charge in [0.1, 0.15) is 16.4 Å². The topological polar surface area (TPSA) is 76.0 Å². The molecule has 2 aromatic heterocycles. The average molecular weight is 247 g/mol. The maximum Gasteiger partial charge on any atom is 0.338 e. The van der Waals surface area contributed by atoms with Crippen molar-refractivity contribution in [2.75, 3.05) is 0 Å². The number of pyridine rings is 1. The zero-order chi connectivity index (χ0) is 12.3. The molecule has 2 rings (SSSR count). The first-order chi connectivity index (χ1) is 8.16. The van der Waals surface area contributed by atoms with E-state index < -0.39 is 5.97 Å². The number of carboxylic acid groups (broad SMARTS) is 1. The molecule has 0 aliphatic rings. The van der Waals surface area contributed by atoms with Crippen molar-refractivity contribution in [1.29, 1.82) is 0 Å². The summed E-state index contributed by atoms with van der Waals surface area (Å²) in [5, 5.41) is 10.1. The van der Waals surface area contributed by atoms with E-state index in [1.54, 1.807) is 18.3 Å². The van der Waals surface area contributed by atoms with Gasteiger partial charge in [0.05, 0.1) is 5.56 Å². The number of carboxylic acids is 1. The van der Waals surface area contributed by atoms with Crippen LogP contribution in [-0.4, -0.2) is 26.0 Å². The molecule has 0 spiro atoms. The van der Waals surface area contributed by atoms with Crippen molar-refractivity contribution in [3.8, 4) is 0 Å². The van der Waals surface area contributed by atoms with E-state index in [4.69, 9.17) is 5.11 Å². The number of rotatable bonds is 3. The summed E-state index contributed by atoms with van der Waals surface area (Å²) >= 11 is 1.21. The Morgan fingerprint density at radius 3 is 2.88 bits per heavy atom. The van der Waals surface area contributed by atoms with Crippen LogP contribution in [0.2, 0.25) is 0 Å². The number of carbonyl (C=O) groups is 1. The SMILES string of the molecule is Cc1cc(Sc2ncccc2C(=O)O)ncn1. The van der Waals surface area contributed by atoms with Crippen LogP contribution in [0.1, 0.15) is 16.1 Å². The highest BCUT2D eigenvalue weighted by atomic mass is 32.2. The number of aromatic carboxylic acids is 1. The second kappa shape index (κ2) is 4.92. The quantitative estimate of drug-likeness (QED) is 0.836. The van der Waals surface area contributed by atoms with E-state index in [9.17, 15) is 4.79 Å². The summed E-state index contributed by atoms with van der Waals surface area (Å²) in [5.41, 5.74) is 1.00. The minimum Gasteiger partial charge on any atom is -0.478 e. The molecule has 0 aliphatic heterocycles. The zero-order valence-corrected chi connectivity index (χ0v) is 9.81. The lowest BCUT2D eigenvalue weighted by atomic mass is 10.3. The minimum absolute atomic E-state index is 0.175. The molecule has 0 amide bonds. The maximum atomic E-state index is 11.0. The Hall–Kier alpha value is -1.95. The Morgan fingerprint density at radius 1 is 1.35 bits per heavy atom. The number of aromatic nitrogens is 3. The van der Waals surface area contributed by atoms with E-state index in [2.05, 4.69) is 15.0 Å². The molecule has 0 aromatic carbocycles. The third kappa shape index (κ3) is 2.79. The molecule has 0 bridgehead atoms. The first kappa shape index (κ1) is 11.5. The van der Waals surface area contributed by atoms with Crippen molar-refractivity contribution in [2.24, 2.45) is 0 Å². The van der Waals surface area contributed by atoms with Crippen LogP contribution in [0.4, 0.5) is 0 Å². The standard InChI is InChI=1S/C11H9N3O2S/c1-7-5-9(14-6-13-7)17-10-8(11(15)16)3-2-4-12-10/h2-6H,1H3,(H,15,16). The smallest absolute Gasteiger partial charge is 0.338 e. The van der Waals surface area contributed by atoms with Crippen molar-refractivity contribution >= 4 is 17.7 Å². The highest BCUT2D eigenvalue weighted by Gasteiger charge is 2.12. The zero-order valence-electron chi connectivity index (χ0n) is 8.99. The molecule has 0 saturated carbocycles. The molecule has 6 heteroatoms. The average Bonchev–Trinajstić information content (AvgIpc) is 2.29. The van der Waals surface area contributed by atoms with Crippen molar-refractivity contribution in [3.63, 3.8) is 0 Å². The summed E-state index contributed by atoms with van der Waals surface area (Å²) in [7, 11) is 0. The fourth-order valence-corrected chi connectivity index (χ4v) is 2.13. The molecule has 0 aliphatic carbocycles. The van der Waals surface area contributed by atoms with Crippen LogP contribution in [0.5, 0.6) is 0 Å². The summed E-state index contributed by atoms with van der Waals surface area (Å²) < 4.78 is 0. The summed E-state index contributed by atoms with van der Waals surface area (Å²) in [6.07, 6.45) is 3.00. The van der Waals surface area contributed by atoms with Gasteiger partial charge in [-0.05, 0) is 36.9 Å². The van der Waals surface area contributed by atoms with Crippen LogP contribution in [0.25, 0.3) is 0 Å².